The number of nitrogens with zero attached hydrogens (tertiary/aromatic N) is 2. The van der Waals surface area contributed by atoms with E-state index < -0.39 is 6.09 Å². The number of methoxy groups -OCH3 is 1. The monoisotopic (exact) mass is 331 g/mol. The Labute approximate surface area is 140 Å². The molecule has 0 saturated heterocycles. The zero-order valence-corrected chi connectivity index (χ0v) is 14.0. The number of hydrogen-bond donors (Lipinski definition) is 1. The third-order valence-electron chi connectivity index (χ3n) is 3.44. The largest absolute Gasteiger partial charge is 0.453 e. The van der Waals surface area contributed by atoms with Crippen LogP contribution >= 0.6 is 0 Å². The van der Waals surface area contributed by atoms with Gasteiger partial charge in [0, 0.05) is 20.0 Å². The fraction of sp³-hybridized carbons (Fsp3) is 0.353. The van der Waals surface area contributed by atoms with Crippen LogP contribution in [0.5, 0.6) is 0 Å². The number of carbonyl (C=O) groups excluding carboxylic acids is 2. The maximum absolute atomic E-state index is 12.1. The molecule has 1 heterocycles. The first-order valence-electron chi connectivity index (χ1n) is 7.62. The second kappa shape index (κ2) is 8.14. The maximum atomic E-state index is 12.1. The van der Waals surface area contributed by atoms with Gasteiger partial charge in [-0.2, -0.15) is 0 Å². The molecule has 0 saturated carbocycles. The normalized spacial score (nSPS) is 10.3. The van der Waals surface area contributed by atoms with E-state index in [0.717, 1.165) is 5.56 Å². The molecule has 1 N–H and O–H groups in total. The van der Waals surface area contributed by atoms with Crippen LogP contribution in [0.1, 0.15) is 18.6 Å². The van der Waals surface area contributed by atoms with Crippen molar-refractivity contribution in [2.24, 2.45) is 0 Å². The number of para-hydroxylation sites is 1. The van der Waals surface area contributed by atoms with Crippen LogP contribution in [-0.4, -0.2) is 42.6 Å². The van der Waals surface area contributed by atoms with E-state index in [1.165, 1.54) is 12.0 Å². The highest BCUT2D eigenvalue weighted by Gasteiger charge is 2.13. The summed E-state index contributed by atoms with van der Waals surface area (Å²) in [7, 11) is 2.96. The number of amides is 2. The lowest BCUT2D eigenvalue weighted by atomic mass is 10.1. The quantitative estimate of drug-likeness (QED) is 0.879. The van der Waals surface area contributed by atoms with Gasteiger partial charge in [0.15, 0.2) is 0 Å². The van der Waals surface area contributed by atoms with Crippen LogP contribution in [0.4, 0.5) is 10.5 Å². The van der Waals surface area contributed by atoms with Gasteiger partial charge in [0.1, 0.15) is 5.76 Å². The van der Waals surface area contributed by atoms with E-state index in [1.807, 2.05) is 25.1 Å². The van der Waals surface area contributed by atoms with E-state index in [9.17, 15) is 9.59 Å². The molecule has 0 radical (unpaired) electrons. The first-order valence-corrected chi connectivity index (χ1v) is 7.62. The average Bonchev–Trinajstić information content (AvgIpc) is 3.00. The van der Waals surface area contributed by atoms with Crippen LogP contribution in [-0.2, 0) is 9.53 Å². The van der Waals surface area contributed by atoms with Crippen LogP contribution in [0.3, 0.4) is 0 Å². The SMILES string of the molecule is COC(=O)N(C)CCCC(=O)Nc1ccccc1-c1ncc(C)o1. The number of ether oxygens (including phenoxy) is 1. The molecule has 1 aromatic heterocycles. The number of rotatable bonds is 6. The Balaban J connectivity index is 1.94. The first-order chi connectivity index (χ1) is 11.5. The molecule has 0 atom stereocenters. The van der Waals surface area contributed by atoms with Crippen LogP contribution < -0.4 is 5.32 Å². The lowest BCUT2D eigenvalue weighted by molar-refractivity contribution is -0.116. The molecule has 0 aliphatic rings. The smallest absolute Gasteiger partial charge is 0.409 e. The maximum Gasteiger partial charge on any atom is 0.409 e. The summed E-state index contributed by atoms with van der Waals surface area (Å²) in [4.78, 5) is 29.0. The predicted octanol–water partition coefficient (Wildman–Crippen LogP) is 3.07. The molecule has 2 amide bonds. The minimum atomic E-state index is -0.417. The summed E-state index contributed by atoms with van der Waals surface area (Å²) in [6.45, 7) is 2.26. The van der Waals surface area contributed by atoms with E-state index in [4.69, 9.17) is 4.42 Å². The molecule has 7 nitrogen and oxygen atoms in total. The molecule has 0 fully saturated rings. The highest BCUT2D eigenvalue weighted by atomic mass is 16.5. The Morgan fingerprint density at radius 1 is 1.33 bits per heavy atom. The molecule has 128 valence electrons. The lowest BCUT2D eigenvalue weighted by Crippen LogP contribution is -2.28. The first kappa shape index (κ1) is 17.5. The number of anilines is 1. The fourth-order valence-electron chi connectivity index (χ4n) is 2.19. The molecule has 1 aromatic carbocycles. The van der Waals surface area contributed by atoms with E-state index in [2.05, 4.69) is 15.0 Å². The number of nitrogens with one attached hydrogen (secondary N) is 1. The average molecular weight is 331 g/mol. The van der Waals surface area contributed by atoms with Gasteiger partial charge < -0.3 is 19.4 Å². The fourth-order valence-corrected chi connectivity index (χ4v) is 2.19. The summed E-state index contributed by atoms with van der Waals surface area (Å²) < 4.78 is 10.1. The van der Waals surface area contributed by atoms with Crippen molar-refractivity contribution in [3.8, 4) is 11.5 Å². The number of carbonyl (C=O) groups is 2. The molecular formula is C17H21N3O4. The summed E-state index contributed by atoms with van der Waals surface area (Å²) in [5, 5.41) is 2.86. The zero-order chi connectivity index (χ0) is 17.5. The van der Waals surface area contributed by atoms with E-state index in [-0.39, 0.29) is 5.91 Å². The van der Waals surface area contributed by atoms with Crippen molar-refractivity contribution >= 4 is 17.7 Å². The Kier molecular flexibility index (Phi) is 5.95. The highest BCUT2D eigenvalue weighted by molar-refractivity contribution is 5.94. The predicted molar refractivity (Wildman–Crippen MR) is 89.6 cm³/mol. The number of aryl methyl sites for hydroxylation is 1. The van der Waals surface area contributed by atoms with Crippen molar-refractivity contribution in [1.29, 1.82) is 0 Å². The van der Waals surface area contributed by atoms with Gasteiger partial charge in [-0.15, -0.1) is 0 Å². The van der Waals surface area contributed by atoms with Crippen LogP contribution in [0.2, 0.25) is 0 Å². The standard InChI is InChI=1S/C17H21N3O4/c1-12-11-18-16(24-12)13-7-4-5-8-14(13)19-15(21)9-6-10-20(2)17(22)23-3/h4-5,7-8,11H,6,9-10H2,1-3H3,(H,19,21). The third-order valence-corrected chi connectivity index (χ3v) is 3.44. The van der Waals surface area contributed by atoms with Crippen LogP contribution in [0.15, 0.2) is 34.9 Å². The van der Waals surface area contributed by atoms with E-state index in [0.29, 0.717) is 36.7 Å². The minimum absolute atomic E-state index is 0.135. The summed E-state index contributed by atoms with van der Waals surface area (Å²) in [5.74, 6) is 1.04. The Hall–Kier alpha value is -2.83. The molecule has 7 heteroatoms. The molecule has 0 bridgehead atoms. The molecule has 2 aromatic rings. The number of oxazole rings is 1. The van der Waals surface area contributed by atoms with Gasteiger partial charge in [0.2, 0.25) is 11.8 Å². The molecule has 0 spiro atoms. The van der Waals surface area contributed by atoms with Crippen LogP contribution in [0, 0.1) is 6.92 Å². The summed E-state index contributed by atoms with van der Waals surface area (Å²) in [6, 6.07) is 7.33. The Morgan fingerprint density at radius 2 is 2.08 bits per heavy atom. The van der Waals surface area contributed by atoms with E-state index in [1.54, 1.807) is 19.3 Å². The van der Waals surface area contributed by atoms with Crippen LogP contribution in [0.25, 0.3) is 11.5 Å². The van der Waals surface area contributed by atoms with Gasteiger partial charge in [0.05, 0.1) is 24.6 Å². The number of aromatic nitrogens is 1. The third kappa shape index (κ3) is 4.58. The van der Waals surface area contributed by atoms with E-state index >= 15 is 0 Å². The molecule has 0 unspecified atom stereocenters. The van der Waals surface area contributed by atoms with Crippen molar-refractivity contribution < 1.29 is 18.7 Å². The molecule has 0 aliphatic carbocycles. The minimum Gasteiger partial charge on any atom is -0.453 e. The second-order valence-corrected chi connectivity index (χ2v) is 5.36. The number of hydrogen-bond acceptors (Lipinski definition) is 5. The lowest BCUT2D eigenvalue weighted by Gasteiger charge is -2.15. The second-order valence-electron chi connectivity index (χ2n) is 5.36. The van der Waals surface area contributed by atoms with Crippen molar-refractivity contribution in [2.75, 3.05) is 26.0 Å². The van der Waals surface area contributed by atoms with Gasteiger partial charge >= 0.3 is 6.09 Å². The van der Waals surface area contributed by atoms with Gasteiger partial charge in [-0.05, 0) is 25.5 Å². The Bertz CT molecular complexity index is 711. The van der Waals surface area contributed by atoms with Gasteiger partial charge in [-0.25, -0.2) is 9.78 Å². The number of benzene rings is 1. The molecule has 2 rings (SSSR count). The summed E-state index contributed by atoms with van der Waals surface area (Å²) >= 11 is 0. The highest BCUT2D eigenvalue weighted by Crippen LogP contribution is 2.27. The molecular weight excluding hydrogens is 310 g/mol. The molecule has 0 aliphatic heterocycles. The van der Waals surface area contributed by atoms with Gasteiger partial charge in [-0.3, -0.25) is 4.79 Å². The summed E-state index contributed by atoms with van der Waals surface area (Å²) in [5.41, 5.74) is 1.37. The summed E-state index contributed by atoms with van der Waals surface area (Å²) in [6.07, 6.45) is 2.05. The van der Waals surface area contributed by atoms with Crippen molar-refractivity contribution in [2.45, 2.75) is 19.8 Å². The van der Waals surface area contributed by atoms with Crippen molar-refractivity contribution in [1.82, 2.24) is 9.88 Å². The molecule has 24 heavy (non-hydrogen) atoms. The van der Waals surface area contributed by atoms with Gasteiger partial charge in [0.25, 0.3) is 0 Å². The zero-order valence-electron chi connectivity index (χ0n) is 14.0. The van der Waals surface area contributed by atoms with Crippen molar-refractivity contribution in [3.63, 3.8) is 0 Å². The topological polar surface area (TPSA) is 84.7 Å². The van der Waals surface area contributed by atoms with Gasteiger partial charge in [-0.1, -0.05) is 12.1 Å². The Morgan fingerprint density at radius 3 is 2.75 bits per heavy atom. The van der Waals surface area contributed by atoms with Crippen molar-refractivity contribution in [3.05, 3.63) is 36.2 Å².